The summed E-state index contributed by atoms with van der Waals surface area (Å²) in [7, 11) is 0. The van der Waals surface area contributed by atoms with Crippen molar-refractivity contribution in [3.05, 3.63) is 131 Å². The number of aromatic nitrogens is 3. The molecule has 5 aromatic rings. The number of fused-ring (bicyclic) bond motifs is 1. The van der Waals surface area contributed by atoms with Gasteiger partial charge in [-0.25, -0.2) is 9.67 Å². The monoisotopic (exact) mass is 526 g/mol. The van der Waals surface area contributed by atoms with Crippen LogP contribution in [0.15, 0.2) is 108 Å². The zero-order valence-corrected chi connectivity index (χ0v) is 22.4. The summed E-state index contributed by atoms with van der Waals surface area (Å²) in [5.74, 6) is 0. The Bertz CT molecular complexity index is 1430. The van der Waals surface area contributed by atoms with Crippen LogP contribution >= 0.6 is 11.6 Å². The van der Waals surface area contributed by atoms with E-state index >= 15 is 0 Å². The lowest BCUT2D eigenvalue weighted by Gasteiger charge is -2.37. The molecule has 186 valence electrons. The number of hydrogen-bond donors (Lipinski definition) is 0. The molecule has 5 rings (SSSR count). The van der Waals surface area contributed by atoms with E-state index in [4.69, 9.17) is 16.7 Å². The highest BCUT2D eigenvalue weighted by Crippen LogP contribution is 2.42. The van der Waals surface area contributed by atoms with E-state index in [1.807, 2.05) is 86.1 Å². The lowest BCUT2D eigenvalue weighted by atomic mass is 9.77. The molecule has 1 atom stereocenters. The second-order valence-electron chi connectivity index (χ2n) is 9.73. The van der Waals surface area contributed by atoms with Crippen LogP contribution in [0, 0.1) is 0 Å². The molecule has 0 N–H and O–H groups in total. The van der Waals surface area contributed by atoms with Crippen molar-refractivity contribution in [2.45, 2.75) is 31.1 Å². The molecule has 1 unspecified atom stereocenters. The van der Waals surface area contributed by atoms with Crippen LogP contribution in [0.4, 0.5) is 0 Å². The topological polar surface area (TPSA) is 66.1 Å². The van der Waals surface area contributed by atoms with Crippen molar-refractivity contribution in [3.63, 3.8) is 0 Å². The molecule has 7 heteroatoms. The first kappa shape index (κ1) is 25.2. The van der Waals surface area contributed by atoms with Gasteiger partial charge in [0.2, 0.25) is 0 Å². The Labute approximate surface area is 225 Å². The minimum Gasteiger partial charge on any atom is -0.591 e. The Hall–Kier alpha value is -3.45. The summed E-state index contributed by atoms with van der Waals surface area (Å²) >= 11 is 5.01. The zero-order chi connectivity index (χ0) is 26.0. The van der Waals surface area contributed by atoms with Gasteiger partial charge >= 0.3 is 0 Å². The molecule has 5 nitrogen and oxygen atoms in total. The first-order valence-corrected chi connectivity index (χ1v) is 13.5. The van der Waals surface area contributed by atoms with Crippen LogP contribution < -0.4 is 0 Å². The molecular formula is C30H27ClN4OS. The minimum atomic E-state index is -1.43. The molecule has 0 saturated carbocycles. The highest BCUT2D eigenvalue weighted by molar-refractivity contribution is 7.91. The fourth-order valence-electron chi connectivity index (χ4n) is 4.52. The second-order valence-corrected chi connectivity index (χ2v) is 12.0. The summed E-state index contributed by atoms with van der Waals surface area (Å²) in [6, 6.07) is 32.7. The van der Waals surface area contributed by atoms with Crippen molar-refractivity contribution in [1.29, 1.82) is 0 Å². The number of nitrogens with zero attached hydrogens (tertiary/aromatic N) is 4. The smallest absolute Gasteiger partial charge is 0.144 e. The van der Waals surface area contributed by atoms with Crippen molar-refractivity contribution < 1.29 is 4.55 Å². The number of pyridine rings is 1. The van der Waals surface area contributed by atoms with Gasteiger partial charge < -0.3 is 4.55 Å². The summed E-state index contributed by atoms with van der Waals surface area (Å²) in [4.78, 5) is 4.33. The van der Waals surface area contributed by atoms with Gasteiger partial charge in [0.25, 0.3) is 0 Å². The highest BCUT2D eigenvalue weighted by Gasteiger charge is 2.41. The van der Waals surface area contributed by atoms with E-state index < -0.39 is 21.6 Å². The van der Waals surface area contributed by atoms with E-state index in [2.05, 4.69) is 45.8 Å². The Morgan fingerprint density at radius 3 is 1.78 bits per heavy atom. The van der Waals surface area contributed by atoms with Gasteiger partial charge in [-0.3, -0.25) is 0 Å². The van der Waals surface area contributed by atoms with Crippen LogP contribution in [-0.2, 0) is 16.9 Å². The number of benzene rings is 3. The molecule has 0 amide bonds. The third-order valence-electron chi connectivity index (χ3n) is 6.25. The maximum Gasteiger partial charge on any atom is 0.144 e. The van der Waals surface area contributed by atoms with E-state index in [-0.39, 0.29) is 0 Å². The van der Waals surface area contributed by atoms with Crippen molar-refractivity contribution >= 4 is 40.1 Å². The van der Waals surface area contributed by atoms with Crippen molar-refractivity contribution in [1.82, 2.24) is 14.8 Å². The first-order chi connectivity index (χ1) is 17.8. The van der Waals surface area contributed by atoms with E-state index in [1.54, 1.807) is 12.4 Å². The van der Waals surface area contributed by atoms with Gasteiger partial charge in [0.15, 0.2) is 0 Å². The third kappa shape index (κ3) is 4.68. The van der Waals surface area contributed by atoms with Crippen LogP contribution in [0.25, 0.3) is 10.9 Å². The summed E-state index contributed by atoms with van der Waals surface area (Å²) < 4.78 is 18.6. The molecule has 0 aliphatic rings. The number of hydrogen-bond acceptors (Lipinski definition) is 4. The molecule has 0 radical (unpaired) electrons. The quantitative estimate of drug-likeness (QED) is 0.106. The number of halogens is 1. The number of rotatable bonds is 6. The van der Waals surface area contributed by atoms with Gasteiger partial charge in [0, 0.05) is 17.6 Å². The molecule has 0 spiro atoms. The molecule has 0 aliphatic carbocycles. The van der Waals surface area contributed by atoms with Gasteiger partial charge in [-0.1, -0.05) is 107 Å². The zero-order valence-electron chi connectivity index (χ0n) is 20.9. The van der Waals surface area contributed by atoms with Crippen LogP contribution in [0.3, 0.4) is 0 Å². The molecular weight excluding hydrogens is 500 g/mol. The first-order valence-electron chi connectivity index (χ1n) is 12.0. The molecule has 0 saturated heterocycles. The molecule has 2 heterocycles. The van der Waals surface area contributed by atoms with E-state index in [1.165, 1.54) is 0 Å². The maximum atomic E-state index is 12.7. The van der Waals surface area contributed by atoms with E-state index in [9.17, 15) is 4.55 Å². The Morgan fingerprint density at radius 2 is 1.32 bits per heavy atom. The Morgan fingerprint density at radius 1 is 0.838 bits per heavy atom. The average molecular weight is 527 g/mol. The maximum absolute atomic E-state index is 12.7. The van der Waals surface area contributed by atoms with Crippen molar-refractivity contribution in [3.8, 4) is 0 Å². The molecule has 0 fully saturated rings. The normalized spacial score (nSPS) is 13.3. The van der Waals surface area contributed by atoms with Gasteiger partial charge in [0.1, 0.15) is 38.7 Å². The SMILES string of the molecule is CC(C)(C)[S+]([O-])/N=C\c1nn(C(c2ccccc2)(c2ccccc2)c2ccccc2)c2cc(Cl)ncc12. The third-order valence-corrected chi connectivity index (χ3v) is 7.80. The van der Waals surface area contributed by atoms with Crippen LogP contribution in [0.2, 0.25) is 5.15 Å². The summed E-state index contributed by atoms with van der Waals surface area (Å²) in [5.41, 5.74) is 3.63. The highest BCUT2D eigenvalue weighted by atomic mass is 35.5. The predicted molar refractivity (Wildman–Crippen MR) is 153 cm³/mol. The summed E-state index contributed by atoms with van der Waals surface area (Å²) in [6.07, 6.45) is 3.29. The minimum absolute atomic E-state index is 0.360. The van der Waals surface area contributed by atoms with Crippen molar-refractivity contribution in [2.24, 2.45) is 4.40 Å². The fourth-order valence-corrected chi connectivity index (χ4v) is 5.18. The van der Waals surface area contributed by atoms with Gasteiger partial charge in [-0.2, -0.15) is 5.10 Å². The van der Waals surface area contributed by atoms with Crippen LogP contribution in [0.1, 0.15) is 43.2 Å². The second kappa shape index (κ2) is 10.1. The molecule has 3 aromatic carbocycles. The van der Waals surface area contributed by atoms with E-state index in [0.29, 0.717) is 10.8 Å². The summed E-state index contributed by atoms with van der Waals surface area (Å²) in [6.45, 7) is 5.68. The molecule has 2 aromatic heterocycles. The lowest BCUT2D eigenvalue weighted by Crippen LogP contribution is -2.38. The molecule has 0 aliphatic heterocycles. The van der Waals surface area contributed by atoms with Crippen molar-refractivity contribution in [2.75, 3.05) is 0 Å². The molecule has 0 bridgehead atoms. The van der Waals surface area contributed by atoms with Gasteiger partial charge in [-0.15, -0.1) is 0 Å². The average Bonchev–Trinajstić information content (AvgIpc) is 3.27. The standard InChI is InChI=1S/C30H27ClN4OS/c1-29(2,3)37(36)33-21-26-25-20-32-28(31)19-27(25)35(34-26)30(22-13-7-4-8-14-22,23-15-9-5-10-16-23)24-17-11-6-12-18-24/h4-21H,1-3H3/b33-21-. The largest absolute Gasteiger partial charge is 0.591 e. The predicted octanol–water partition coefficient (Wildman–Crippen LogP) is 6.81. The lowest BCUT2D eigenvalue weighted by molar-refractivity contribution is 0.475. The van der Waals surface area contributed by atoms with Gasteiger partial charge in [0.05, 0.1) is 5.52 Å². The Balaban J connectivity index is 1.89. The summed E-state index contributed by atoms with van der Waals surface area (Å²) in [5, 5.41) is 6.25. The molecule has 37 heavy (non-hydrogen) atoms. The fraction of sp³-hybridized carbons (Fsp3) is 0.167. The Kier molecular flexibility index (Phi) is 6.90. The van der Waals surface area contributed by atoms with Gasteiger partial charge in [-0.05, 0) is 37.5 Å². The van der Waals surface area contributed by atoms with Crippen LogP contribution in [0.5, 0.6) is 0 Å². The van der Waals surface area contributed by atoms with Crippen LogP contribution in [-0.4, -0.2) is 30.3 Å². The van der Waals surface area contributed by atoms with E-state index in [0.717, 1.165) is 27.6 Å².